The van der Waals surface area contributed by atoms with Crippen molar-refractivity contribution in [2.24, 2.45) is 0 Å². The van der Waals surface area contributed by atoms with Gasteiger partial charge < -0.3 is 10.4 Å². The second kappa shape index (κ2) is 3.45. The van der Waals surface area contributed by atoms with Crippen LogP contribution in [0.2, 0.25) is 0 Å². The Hall–Kier alpha value is -0.220. The molecule has 1 fully saturated rings. The molecule has 0 saturated heterocycles. The summed E-state index contributed by atoms with van der Waals surface area (Å²) in [6, 6.07) is 0. The second-order valence-corrected chi connectivity index (χ2v) is 4.16. The number of thioether (sulfide) groups is 1. The van der Waals surface area contributed by atoms with Crippen LogP contribution in [0.1, 0.15) is 12.8 Å². The monoisotopic (exact) mass is 175 g/mol. The van der Waals surface area contributed by atoms with Gasteiger partial charge in [-0.2, -0.15) is 11.8 Å². The zero-order valence-corrected chi connectivity index (χ0v) is 7.41. The first-order valence-electron chi connectivity index (χ1n) is 3.66. The zero-order chi connectivity index (χ0) is 8.32. The highest BCUT2D eigenvalue weighted by molar-refractivity contribution is 8.00. The van der Waals surface area contributed by atoms with E-state index in [2.05, 4.69) is 11.6 Å². The Morgan fingerprint density at radius 2 is 2.36 bits per heavy atom. The predicted octanol–water partition coefficient (Wildman–Crippen LogP) is 0.556. The van der Waals surface area contributed by atoms with E-state index in [0.717, 1.165) is 6.54 Å². The van der Waals surface area contributed by atoms with Gasteiger partial charge in [-0.1, -0.05) is 0 Å². The van der Waals surface area contributed by atoms with Gasteiger partial charge in [0.1, 0.15) is 0 Å². The van der Waals surface area contributed by atoms with Crippen LogP contribution in [0.5, 0.6) is 0 Å². The lowest BCUT2D eigenvalue weighted by molar-refractivity contribution is -0.135. The molecule has 4 heteroatoms. The summed E-state index contributed by atoms with van der Waals surface area (Å²) >= 11 is 1.83. The van der Waals surface area contributed by atoms with E-state index in [0.29, 0.717) is 4.75 Å². The Labute approximate surface area is 70.6 Å². The van der Waals surface area contributed by atoms with Crippen molar-refractivity contribution in [1.82, 2.24) is 5.32 Å². The van der Waals surface area contributed by atoms with E-state index in [4.69, 9.17) is 5.11 Å². The van der Waals surface area contributed by atoms with Gasteiger partial charge in [0.25, 0.3) is 0 Å². The minimum absolute atomic E-state index is 0.0856. The molecule has 0 aliphatic heterocycles. The number of rotatable bonds is 5. The lowest BCUT2D eigenvalue weighted by Crippen LogP contribution is -2.30. The van der Waals surface area contributed by atoms with Crippen LogP contribution in [-0.2, 0) is 4.79 Å². The molecule has 1 rings (SSSR count). The highest BCUT2D eigenvalue weighted by Gasteiger charge is 2.41. The molecule has 0 bridgehead atoms. The summed E-state index contributed by atoms with van der Waals surface area (Å²) in [5, 5.41) is 11.3. The minimum Gasteiger partial charge on any atom is -0.480 e. The first-order chi connectivity index (χ1) is 5.18. The van der Waals surface area contributed by atoms with E-state index in [1.165, 1.54) is 12.8 Å². The highest BCUT2D eigenvalue weighted by Crippen LogP contribution is 2.46. The Morgan fingerprint density at radius 3 is 2.73 bits per heavy atom. The number of hydrogen-bond acceptors (Lipinski definition) is 3. The third-order valence-corrected chi connectivity index (χ3v) is 3.38. The van der Waals surface area contributed by atoms with Crippen LogP contribution in [0.3, 0.4) is 0 Å². The first-order valence-corrected chi connectivity index (χ1v) is 4.89. The Morgan fingerprint density at radius 1 is 1.73 bits per heavy atom. The number of carboxylic acids is 1. The molecule has 0 heterocycles. The van der Waals surface area contributed by atoms with Gasteiger partial charge in [-0.05, 0) is 19.1 Å². The molecule has 3 nitrogen and oxygen atoms in total. The SMILES string of the molecule is CSC1(CNCC(=O)O)CC1. The van der Waals surface area contributed by atoms with Crippen molar-refractivity contribution in [3.63, 3.8) is 0 Å². The molecule has 1 aliphatic carbocycles. The average Bonchev–Trinajstić information content (AvgIpc) is 2.69. The Bertz CT molecular complexity index is 157. The maximum Gasteiger partial charge on any atom is 0.317 e. The quantitative estimate of drug-likeness (QED) is 0.641. The molecule has 0 atom stereocenters. The van der Waals surface area contributed by atoms with Crippen LogP contribution in [0, 0.1) is 0 Å². The largest absolute Gasteiger partial charge is 0.480 e. The molecule has 0 amide bonds. The van der Waals surface area contributed by atoms with Crippen LogP contribution in [0.4, 0.5) is 0 Å². The van der Waals surface area contributed by atoms with Gasteiger partial charge in [0.2, 0.25) is 0 Å². The van der Waals surface area contributed by atoms with E-state index in [9.17, 15) is 4.79 Å². The van der Waals surface area contributed by atoms with Gasteiger partial charge in [-0.25, -0.2) is 0 Å². The zero-order valence-electron chi connectivity index (χ0n) is 6.59. The molecular formula is C7H13NO2S. The summed E-state index contributed by atoms with van der Waals surface area (Å²) in [5.41, 5.74) is 0. The maximum atomic E-state index is 10.1. The second-order valence-electron chi connectivity index (χ2n) is 2.88. The summed E-state index contributed by atoms with van der Waals surface area (Å²) in [6.07, 6.45) is 4.52. The smallest absolute Gasteiger partial charge is 0.317 e. The van der Waals surface area contributed by atoms with Crippen molar-refractivity contribution in [3.8, 4) is 0 Å². The van der Waals surface area contributed by atoms with Gasteiger partial charge in [0, 0.05) is 11.3 Å². The Kier molecular flexibility index (Phi) is 2.78. The molecule has 0 unspecified atom stereocenters. The van der Waals surface area contributed by atoms with Gasteiger partial charge >= 0.3 is 5.97 Å². The van der Waals surface area contributed by atoms with E-state index < -0.39 is 5.97 Å². The van der Waals surface area contributed by atoms with Crippen molar-refractivity contribution in [2.45, 2.75) is 17.6 Å². The molecule has 0 spiro atoms. The first kappa shape index (κ1) is 8.87. The van der Waals surface area contributed by atoms with E-state index in [1.54, 1.807) is 0 Å². The third kappa shape index (κ3) is 2.71. The van der Waals surface area contributed by atoms with Crippen LogP contribution in [-0.4, -0.2) is 35.2 Å². The lowest BCUT2D eigenvalue weighted by Gasteiger charge is -2.10. The van der Waals surface area contributed by atoms with Gasteiger partial charge in [0.05, 0.1) is 6.54 Å². The van der Waals surface area contributed by atoms with E-state index in [1.807, 2.05) is 11.8 Å². The van der Waals surface area contributed by atoms with Gasteiger partial charge in [-0.3, -0.25) is 4.79 Å². The highest BCUT2D eigenvalue weighted by atomic mass is 32.2. The van der Waals surface area contributed by atoms with Crippen molar-refractivity contribution in [3.05, 3.63) is 0 Å². The van der Waals surface area contributed by atoms with Crippen molar-refractivity contribution in [1.29, 1.82) is 0 Å². The summed E-state index contributed by atoms with van der Waals surface area (Å²) in [6.45, 7) is 0.919. The van der Waals surface area contributed by atoms with Crippen molar-refractivity contribution >= 4 is 17.7 Å². The fourth-order valence-corrected chi connectivity index (χ4v) is 1.75. The molecular weight excluding hydrogens is 162 g/mol. The number of hydrogen-bond donors (Lipinski definition) is 2. The van der Waals surface area contributed by atoms with Gasteiger partial charge in [0.15, 0.2) is 0 Å². The molecule has 11 heavy (non-hydrogen) atoms. The summed E-state index contributed by atoms with van der Waals surface area (Å²) in [5.74, 6) is -0.776. The van der Waals surface area contributed by atoms with E-state index >= 15 is 0 Å². The fourth-order valence-electron chi connectivity index (χ4n) is 0.990. The minimum atomic E-state index is -0.776. The molecule has 1 aliphatic rings. The summed E-state index contributed by atoms with van der Waals surface area (Å²) in [7, 11) is 0. The lowest BCUT2D eigenvalue weighted by atomic mass is 10.4. The molecule has 0 radical (unpaired) electrons. The maximum absolute atomic E-state index is 10.1. The topological polar surface area (TPSA) is 49.3 Å². The number of nitrogens with one attached hydrogen (secondary N) is 1. The number of carbonyl (C=O) groups is 1. The van der Waals surface area contributed by atoms with Crippen LogP contribution in [0.25, 0.3) is 0 Å². The van der Waals surface area contributed by atoms with Gasteiger partial charge in [-0.15, -0.1) is 0 Å². The van der Waals surface area contributed by atoms with E-state index in [-0.39, 0.29) is 6.54 Å². The predicted molar refractivity (Wildman–Crippen MR) is 46.0 cm³/mol. The van der Waals surface area contributed by atoms with Crippen molar-refractivity contribution in [2.75, 3.05) is 19.3 Å². The molecule has 1 saturated carbocycles. The molecule has 0 aromatic carbocycles. The number of aliphatic carboxylic acids is 1. The fraction of sp³-hybridized carbons (Fsp3) is 0.857. The van der Waals surface area contributed by atoms with Crippen molar-refractivity contribution < 1.29 is 9.90 Å². The average molecular weight is 175 g/mol. The third-order valence-electron chi connectivity index (χ3n) is 1.96. The Balaban J connectivity index is 2.07. The molecule has 0 aromatic rings. The van der Waals surface area contributed by atoms with Crippen LogP contribution >= 0.6 is 11.8 Å². The molecule has 64 valence electrons. The molecule has 2 N–H and O–H groups in total. The molecule has 0 aromatic heterocycles. The summed E-state index contributed by atoms with van der Waals surface area (Å²) in [4.78, 5) is 10.1. The summed E-state index contributed by atoms with van der Waals surface area (Å²) < 4.78 is 0.370. The van der Waals surface area contributed by atoms with Crippen LogP contribution in [0.15, 0.2) is 0 Å². The standard InChI is InChI=1S/C7H13NO2S/c1-11-7(2-3-7)5-8-4-6(9)10/h8H,2-5H2,1H3,(H,9,10). The van der Waals surface area contributed by atoms with Crippen LogP contribution < -0.4 is 5.32 Å². The normalized spacial score (nSPS) is 19.7. The number of carboxylic acid groups (broad SMARTS) is 1.